The van der Waals surface area contributed by atoms with E-state index in [0.29, 0.717) is 34.5 Å². The van der Waals surface area contributed by atoms with Crippen molar-refractivity contribution in [2.24, 2.45) is 0 Å². The smallest absolute Gasteiger partial charge is 0.254 e. The van der Waals surface area contributed by atoms with E-state index >= 15 is 0 Å². The Morgan fingerprint density at radius 1 is 1.29 bits per heavy atom. The number of hydrogen-bond donors (Lipinski definition) is 1. The molecule has 1 N–H and O–H groups in total. The molecule has 1 aromatic rings. The number of carbonyl (C=O) groups is 1. The van der Waals surface area contributed by atoms with Crippen molar-refractivity contribution in [3.63, 3.8) is 0 Å². The third-order valence-electron chi connectivity index (χ3n) is 3.13. The van der Waals surface area contributed by atoms with Crippen LogP contribution in [0, 0.1) is 0 Å². The van der Waals surface area contributed by atoms with Crippen LogP contribution in [0.2, 0.25) is 0 Å². The zero-order valence-corrected chi connectivity index (χ0v) is 14.4. The highest BCUT2D eigenvalue weighted by molar-refractivity contribution is 9.10. The Bertz CT molecular complexity index is 466. The number of ether oxygens (including phenoxy) is 2. The molecule has 0 saturated carbocycles. The lowest BCUT2D eigenvalue weighted by Gasteiger charge is -2.27. The number of halogens is 1. The van der Waals surface area contributed by atoms with E-state index in [1.165, 1.54) is 0 Å². The van der Waals surface area contributed by atoms with Gasteiger partial charge in [0.2, 0.25) is 0 Å². The Labute approximate surface area is 134 Å². The minimum Gasteiger partial charge on any atom is -0.495 e. The second kappa shape index (κ2) is 8.24. The molecule has 0 heterocycles. The van der Waals surface area contributed by atoms with Gasteiger partial charge >= 0.3 is 0 Å². The SMILES string of the molecule is COc1cc(C(=O)N(CCCO)C(C)C)cc(OC)c1Br. The lowest BCUT2D eigenvalue weighted by Crippen LogP contribution is -2.38. The first-order valence-electron chi connectivity index (χ1n) is 6.79. The topological polar surface area (TPSA) is 59.0 Å². The van der Waals surface area contributed by atoms with Crippen LogP contribution in [0.3, 0.4) is 0 Å². The predicted molar refractivity (Wildman–Crippen MR) is 85.1 cm³/mol. The van der Waals surface area contributed by atoms with Gasteiger partial charge in [0.25, 0.3) is 5.91 Å². The summed E-state index contributed by atoms with van der Waals surface area (Å²) in [4.78, 5) is 14.4. The molecule has 0 aliphatic rings. The van der Waals surface area contributed by atoms with Gasteiger partial charge in [0, 0.05) is 24.8 Å². The van der Waals surface area contributed by atoms with Crippen molar-refractivity contribution in [3.8, 4) is 11.5 Å². The standard InChI is InChI=1S/C15H22BrNO4/c1-10(2)17(6-5-7-18)15(19)11-8-12(20-3)14(16)13(9-11)21-4/h8-10,18H,5-7H2,1-4H3. The molecule has 0 saturated heterocycles. The van der Waals surface area contributed by atoms with Crippen LogP contribution in [0.1, 0.15) is 30.6 Å². The first-order chi connectivity index (χ1) is 9.96. The van der Waals surface area contributed by atoms with E-state index in [1.807, 2.05) is 13.8 Å². The quantitative estimate of drug-likeness (QED) is 0.812. The fourth-order valence-corrected chi connectivity index (χ4v) is 2.55. The molecule has 5 nitrogen and oxygen atoms in total. The van der Waals surface area contributed by atoms with Crippen molar-refractivity contribution < 1.29 is 19.4 Å². The number of aliphatic hydroxyl groups is 1. The molecule has 6 heteroatoms. The van der Waals surface area contributed by atoms with Crippen molar-refractivity contribution in [3.05, 3.63) is 22.2 Å². The molecule has 1 rings (SSSR count). The molecule has 0 spiro atoms. The van der Waals surface area contributed by atoms with Gasteiger partial charge in [-0.2, -0.15) is 0 Å². The van der Waals surface area contributed by atoms with Crippen LogP contribution in [-0.4, -0.2) is 49.3 Å². The summed E-state index contributed by atoms with van der Waals surface area (Å²) in [6.45, 7) is 4.46. The molecule has 0 fully saturated rings. The maximum atomic E-state index is 12.7. The Kier molecular flexibility index (Phi) is 6.98. The predicted octanol–water partition coefficient (Wildman–Crippen LogP) is 2.70. The van der Waals surface area contributed by atoms with Crippen LogP contribution in [-0.2, 0) is 0 Å². The summed E-state index contributed by atoms with van der Waals surface area (Å²) in [7, 11) is 3.08. The number of amides is 1. The van der Waals surface area contributed by atoms with Crippen molar-refractivity contribution in [2.75, 3.05) is 27.4 Å². The van der Waals surface area contributed by atoms with Gasteiger partial charge in [0.15, 0.2) is 0 Å². The molecule has 118 valence electrons. The van der Waals surface area contributed by atoms with E-state index in [1.54, 1.807) is 31.3 Å². The number of carbonyl (C=O) groups excluding carboxylic acids is 1. The van der Waals surface area contributed by atoms with E-state index < -0.39 is 0 Å². The van der Waals surface area contributed by atoms with E-state index in [2.05, 4.69) is 15.9 Å². The minimum atomic E-state index is -0.109. The van der Waals surface area contributed by atoms with Gasteiger partial charge in [0.1, 0.15) is 16.0 Å². The summed E-state index contributed by atoms with van der Waals surface area (Å²) in [6.07, 6.45) is 0.550. The van der Waals surface area contributed by atoms with Crippen molar-refractivity contribution in [1.29, 1.82) is 0 Å². The summed E-state index contributed by atoms with van der Waals surface area (Å²) >= 11 is 3.38. The van der Waals surface area contributed by atoms with Crippen LogP contribution in [0.4, 0.5) is 0 Å². The normalized spacial score (nSPS) is 10.6. The first kappa shape index (κ1) is 17.8. The molecule has 1 amide bonds. The molecule has 0 atom stereocenters. The second-order valence-corrected chi connectivity index (χ2v) is 5.66. The number of hydrogen-bond acceptors (Lipinski definition) is 4. The largest absolute Gasteiger partial charge is 0.495 e. The average molecular weight is 360 g/mol. The number of nitrogens with zero attached hydrogens (tertiary/aromatic N) is 1. The second-order valence-electron chi connectivity index (χ2n) is 4.86. The molecule has 0 unspecified atom stereocenters. The van der Waals surface area contributed by atoms with Gasteiger partial charge in [-0.15, -0.1) is 0 Å². The molecular formula is C15H22BrNO4. The van der Waals surface area contributed by atoms with Gasteiger partial charge in [0.05, 0.1) is 14.2 Å². The Hall–Kier alpha value is -1.27. The van der Waals surface area contributed by atoms with Crippen LogP contribution in [0.5, 0.6) is 11.5 Å². The van der Waals surface area contributed by atoms with Crippen LogP contribution in [0.15, 0.2) is 16.6 Å². The molecule has 0 aliphatic carbocycles. The molecular weight excluding hydrogens is 338 g/mol. The third kappa shape index (κ3) is 4.35. The average Bonchev–Trinajstić information content (AvgIpc) is 2.47. The molecule has 0 radical (unpaired) electrons. The highest BCUT2D eigenvalue weighted by Gasteiger charge is 2.21. The molecule has 1 aromatic carbocycles. The van der Waals surface area contributed by atoms with E-state index in [4.69, 9.17) is 14.6 Å². The summed E-state index contributed by atoms with van der Waals surface area (Å²) in [5, 5.41) is 8.97. The van der Waals surface area contributed by atoms with Gasteiger partial charge in [-0.3, -0.25) is 4.79 Å². The number of methoxy groups -OCH3 is 2. The highest BCUT2D eigenvalue weighted by Crippen LogP contribution is 2.36. The zero-order chi connectivity index (χ0) is 16.0. The van der Waals surface area contributed by atoms with E-state index in [0.717, 1.165) is 0 Å². The van der Waals surface area contributed by atoms with E-state index in [-0.39, 0.29) is 18.6 Å². The van der Waals surface area contributed by atoms with E-state index in [9.17, 15) is 4.79 Å². The van der Waals surface area contributed by atoms with Crippen LogP contribution >= 0.6 is 15.9 Å². The Morgan fingerprint density at radius 3 is 2.19 bits per heavy atom. The summed E-state index contributed by atoms with van der Waals surface area (Å²) in [5.74, 6) is 0.981. The molecule has 21 heavy (non-hydrogen) atoms. The first-order valence-corrected chi connectivity index (χ1v) is 7.58. The van der Waals surface area contributed by atoms with Gasteiger partial charge < -0.3 is 19.5 Å². The lowest BCUT2D eigenvalue weighted by molar-refractivity contribution is 0.0692. The van der Waals surface area contributed by atoms with Crippen LogP contribution < -0.4 is 9.47 Å². The highest BCUT2D eigenvalue weighted by atomic mass is 79.9. The fourth-order valence-electron chi connectivity index (χ4n) is 1.99. The molecule has 0 aliphatic heterocycles. The van der Waals surface area contributed by atoms with Gasteiger partial charge in [-0.25, -0.2) is 0 Å². The number of benzene rings is 1. The van der Waals surface area contributed by atoms with Crippen molar-refractivity contribution in [1.82, 2.24) is 4.90 Å². The zero-order valence-electron chi connectivity index (χ0n) is 12.9. The molecule has 0 aromatic heterocycles. The Morgan fingerprint density at radius 2 is 1.81 bits per heavy atom. The Balaban J connectivity index is 3.15. The third-order valence-corrected chi connectivity index (χ3v) is 3.92. The van der Waals surface area contributed by atoms with Gasteiger partial charge in [-0.1, -0.05) is 0 Å². The van der Waals surface area contributed by atoms with Gasteiger partial charge in [-0.05, 0) is 48.3 Å². The summed E-state index contributed by atoms with van der Waals surface area (Å²) < 4.78 is 11.2. The summed E-state index contributed by atoms with van der Waals surface area (Å²) in [6, 6.07) is 3.41. The summed E-state index contributed by atoms with van der Waals surface area (Å²) in [5.41, 5.74) is 0.499. The lowest BCUT2D eigenvalue weighted by atomic mass is 10.1. The maximum Gasteiger partial charge on any atom is 0.254 e. The molecule has 0 bridgehead atoms. The van der Waals surface area contributed by atoms with Crippen LogP contribution in [0.25, 0.3) is 0 Å². The number of aliphatic hydroxyl groups excluding tert-OH is 1. The number of rotatable bonds is 7. The fraction of sp³-hybridized carbons (Fsp3) is 0.533. The maximum absolute atomic E-state index is 12.7. The van der Waals surface area contributed by atoms with Crippen molar-refractivity contribution in [2.45, 2.75) is 26.3 Å². The minimum absolute atomic E-state index is 0.0460. The van der Waals surface area contributed by atoms with Crippen molar-refractivity contribution >= 4 is 21.8 Å². The monoisotopic (exact) mass is 359 g/mol.